The predicted octanol–water partition coefficient (Wildman–Crippen LogP) is 1.33. The summed E-state index contributed by atoms with van der Waals surface area (Å²) in [4.78, 5) is 12.0. The average Bonchev–Trinajstić information content (AvgIpc) is 2.47. The normalized spacial score (nSPS) is 13.2. The number of aliphatic imine (C=N–C) groups is 1. The van der Waals surface area contributed by atoms with Crippen molar-refractivity contribution in [2.45, 2.75) is 6.42 Å². The van der Waals surface area contributed by atoms with Crippen molar-refractivity contribution in [3.05, 3.63) is 25.2 Å². The molecule has 0 aliphatic carbocycles. The minimum absolute atomic E-state index is 0.654. The highest BCUT2D eigenvalue weighted by Gasteiger charge is 2.14. The molecule has 0 unspecified atom stereocenters. The summed E-state index contributed by atoms with van der Waals surface area (Å²) in [6.45, 7) is 3.61. The van der Waals surface area contributed by atoms with Crippen molar-refractivity contribution in [2.75, 3.05) is 0 Å². The molecular weight excluding hydrogens is 152 g/mol. The van der Waals surface area contributed by atoms with E-state index in [4.69, 9.17) is 0 Å². The third kappa shape index (κ3) is 1.07. The van der Waals surface area contributed by atoms with Gasteiger partial charge in [-0.05, 0) is 0 Å². The van der Waals surface area contributed by atoms with Gasteiger partial charge in [-0.25, -0.2) is 20.3 Å². The third-order valence-corrected chi connectivity index (χ3v) is 1.48. The quantitative estimate of drug-likeness (QED) is 0.611. The van der Waals surface area contributed by atoms with Crippen LogP contribution in [0.2, 0.25) is 0 Å². The second kappa shape index (κ2) is 2.73. The Morgan fingerprint density at radius 1 is 1.50 bits per heavy atom. The topological polar surface area (TPSA) is 52.2 Å². The van der Waals surface area contributed by atoms with Gasteiger partial charge >= 0.3 is 0 Å². The molecule has 2 heterocycles. The Labute approximate surface area is 70.1 Å². The fraction of sp³-hybridized carbons (Fsp3) is 0.125. The van der Waals surface area contributed by atoms with Crippen molar-refractivity contribution >= 4 is 17.3 Å². The van der Waals surface area contributed by atoms with E-state index in [-0.39, 0.29) is 0 Å². The minimum atomic E-state index is 0.654. The second-order valence-corrected chi connectivity index (χ2v) is 2.36. The van der Waals surface area contributed by atoms with Crippen LogP contribution in [0.15, 0.2) is 30.2 Å². The fourth-order valence-corrected chi connectivity index (χ4v) is 0.988. The lowest BCUT2D eigenvalue weighted by Gasteiger charge is -1.92. The first-order valence-electron chi connectivity index (χ1n) is 3.60. The smallest absolute Gasteiger partial charge is 0.183 e. The maximum atomic E-state index is 4.20. The van der Waals surface area contributed by atoms with Crippen molar-refractivity contribution in [3.63, 3.8) is 0 Å². The number of hydrogen-bond donors (Lipinski definition) is 0. The number of nitrogens with zero attached hydrogens (tertiary/aromatic N) is 4. The Kier molecular flexibility index (Phi) is 1.59. The van der Waals surface area contributed by atoms with Crippen LogP contribution in [0.4, 0.5) is 11.5 Å². The van der Waals surface area contributed by atoms with Gasteiger partial charge in [0.1, 0.15) is 17.9 Å². The highest BCUT2D eigenvalue weighted by atomic mass is 15.1. The van der Waals surface area contributed by atoms with Crippen LogP contribution in [0.3, 0.4) is 0 Å². The summed E-state index contributed by atoms with van der Waals surface area (Å²) in [5.41, 5.74) is 0.745. The monoisotopic (exact) mass is 159 g/mol. The molecule has 0 fully saturated rings. The third-order valence-electron chi connectivity index (χ3n) is 1.48. The van der Waals surface area contributed by atoms with E-state index in [2.05, 4.69) is 26.9 Å². The molecule has 0 saturated carbocycles. The van der Waals surface area contributed by atoms with E-state index in [1.54, 1.807) is 12.3 Å². The summed E-state index contributed by atoms with van der Waals surface area (Å²) >= 11 is 0. The molecule has 12 heavy (non-hydrogen) atoms. The lowest BCUT2D eigenvalue weighted by atomic mass is 10.4. The van der Waals surface area contributed by atoms with Gasteiger partial charge < -0.3 is 0 Å². The Hall–Kier alpha value is -1.71. The first-order valence-corrected chi connectivity index (χ1v) is 3.60. The number of fused-ring (bicyclic) bond motifs is 1. The highest BCUT2D eigenvalue weighted by molar-refractivity contribution is 5.95. The van der Waals surface area contributed by atoms with Gasteiger partial charge in [0, 0.05) is 6.42 Å². The lowest BCUT2D eigenvalue weighted by molar-refractivity contribution is 1.10. The molecule has 59 valence electrons. The first kappa shape index (κ1) is 6.97. The fourth-order valence-electron chi connectivity index (χ4n) is 0.988. The van der Waals surface area contributed by atoms with Crippen LogP contribution in [0, 0.1) is 0 Å². The Morgan fingerprint density at radius 3 is 3.17 bits per heavy atom. The van der Waals surface area contributed by atoms with Gasteiger partial charge in [-0.2, -0.15) is 0 Å². The molecule has 4 nitrogen and oxygen atoms in total. The number of hydrogen-bond acceptors (Lipinski definition) is 3. The maximum Gasteiger partial charge on any atom is 0.183 e. The van der Waals surface area contributed by atoms with Gasteiger partial charge in [0.05, 0.1) is 6.20 Å². The molecule has 4 heteroatoms. The molecule has 0 bridgehead atoms. The van der Waals surface area contributed by atoms with E-state index in [0.29, 0.717) is 12.2 Å². The lowest BCUT2D eigenvalue weighted by Crippen LogP contribution is -2.04. The van der Waals surface area contributed by atoms with Gasteiger partial charge in [0.2, 0.25) is 0 Å². The van der Waals surface area contributed by atoms with Gasteiger partial charge in [-0.3, -0.25) is 0 Å². The summed E-state index contributed by atoms with van der Waals surface area (Å²) in [5, 5.41) is 4.17. The van der Waals surface area contributed by atoms with E-state index in [1.807, 2.05) is 0 Å². The number of rotatable bonds is 2. The van der Waals surface area contributed by atoms with E-state index >= 15 is 0 Å². The molecule has 0 amide bonds. The van der Waals surface area contributed by atoms with Crippen LogP contribution in [-0.2, 0) is 0 Å². The zero-order valence-electron chi connectivity index (χ0n) is 6.44. The molecule has 1 aromatic heterocycles. The Balaban J connectivity index is 2.28. The molecule has 2 rings (SSSR count). The molecule has 1 radical (unpaired) electrons. The molecular formula is C8H7N4. The first-order chi connectivity index (χ1) is 5.90. The molecule has 1 aromatic rings. The van der Waals surface area contributed by atoms with Gasteiger partial charge in [0.15, 0.2) is 5.82 Å². The average molecular weight is 159 g/mol. The second-order valence-electron chi connectivity index (χ2n) is 2.36. The zero-order chi connectivity index (χ0) is 8.39. The maximum absolute atomic E-state index is 4.20. The molecule has 0 atom stereocenters. The van der Waals surface area contributed by atoms with Gasteiger partial charge in [-0.15, -0.1) is 6.58 Å². The molecule has 1 aliphatic heterocycles. The van der Waals surface area contributed by atoms with E-state index in [9.17, 15) is 0 Å². The molecule has 1 aliphatic rings. The van der Waals surface area contributed by atoms with Crippen LogP contribution < -0.4 is 5.32 Å². The van der Waals surface area contributed by atoms with Crippen molar-refractivity contribution in [3.8, 4) is 0 Å². The van der Waals surface area contributed by atoms with Crippen molar-refractivity contribution < 1.29 is 0 Å². The number of aromatic nitrogens is 2. The van der Waals surface area contributed by atoms with E-state index in [0.717, 1.165) is 11.5 Å². The molecule has 0 spiro atoms. The van der Waals surface area contributed by atoms with Crippen molar-refractivity contribution in [1.82, 2.24) is 15.3 Å². The molecule has 0 N–H and O–H groups in total. The van der Waals surface area contributed by atoms with Crippen LogP contribution in [0.5, 0.6) is 0 Å². The van der Waals surface area contributed by atoms with Crippen molar-refractivity contribution in [2.24, 2.45) is 4.99 Å². The SMILES string of the molecule is C=CCC1=Nc2cncnc2[N]1. The van der Waals surface area contributed by atoms with E-state index < -0.39 is 0 Å². The summed E-state index contributed by atoms with van der Waals surface area (Å²) in [5.74, 6) is 1.40. The molecule has 0 aromatic carbocycles. The van der Waals surface area contributed by atoms with Crippen LogP contribution >= 0.6 is 0 Å². The van der Waals surface area contributed by atoms with Gasteiger partial charge in [-0.1, -0.05) is 6.08 Å². The number of amidine groups is 1. The summed E-state index contributed by atoms with van der Waals surface area (Å²) in [7, 11) is 0. The van der Waals surface area contributed by atoms with Crippen LogP contribution in [0.25, 0.3) is 0 Å². The van der Waals surface area contributed by atoms with Gasteiger partial charge in [0.25, 0.3) is 0 Å². The summed E-state index contributed by atoms with van der Waals surface area (Å²) < 4.78 is 0. The molecule has 0 saturated heterocycles. The largest absolute Gasteiger partial charge is 0.242 e. The summed E-state index contributed by atoms with van der Waals surface area (Å²) in [6, 6.07) is 0. The standard InChI is InChI=1S/C8H7N4/c1-2-3-7-11-6-4-9-5-10-8(6)12-7/h2,4-5H,1,3H2. The van der Waals surface area contributed by atoms with Crippen LogP contribution in [0.1, 0.15) is 6.42 Å². The van der Waals surface area contributed by atoms with E-state index in [1.165, 1.54) is 6.33 Å². The van der Waals surface area contributed by atoms with Crippen molar-refractivity contribution in [1.29, 1.82) is 0 Å². The van der Waals surface area contributed by atoms with Crippen LogP contribution in [-0.4, -0.2) is 15.8 Å². The Morgan fingerprint density at radius 2 is 2.42 bits per heavy atom. The summed E-state index contributed by atoms with van der Waals surface area (Å²) in [6.07, 6.45) is 5.56. The Bertz CT molecular complexity index is 343. The minimum Gasteiger partial charge on any atom is -0.242 e. The predicted molar refractivity (Wildman–Crippen MR) is 45.7 cm³/mol. The zero-order valence-corrected chi connectivity index (χ0v) is 6.44. The highest BCUT2D eigenvalue weighted by Crippen LogP contribution is 2.26.